The van der Waals surface area contributed by atoms with Crippen LogP contribution in [0.4, 0.5) is 0 Å². The summed E-state index contributed by atoms with van der Waals surface area (Å²) in [6, 6.07) is 3.31. The molecular formula is C10H12ClN3O. The van der Waals surface area contributed by atoms with Gasteiger partial charge in [0.25, 0.3) is 0 Å². The van der Waals surface area contributed by atoms with Gasteiger partial charge in [0, 0.05) is 12.3 Å². The van der Waals surface area contributed by atoms with Crippen molar-refractivity contribution in [3.05, 3.63) is 29.3 Å². The lowest BCUT2D eigenvalue weighted by Crippen LogP contribution is -2.15. The first-order chi connectivity index (χ1) is 7.13. The van der Waals surface area contributed by atoms with Crippen molar-refractivity contribution in [2.75, 3.05) is 7.05 Å². The van der Waals surface area contributed by atoms with E-state index in [1.165, 1.54) is 0 Å². The second kappa shape index (κ2) is 3.72. The molecular weight excluding hydrogens is 214 g/mol. The Bertz CT molecular complexity index is 495. The Labute approximate surface area is 92.5 Å². The Kier molecular flexibility index (Phi) is 2.54. The molecule has 0 aliphatic heterocycles. The molecule has 0 saturated heterocycles. The summed E-state index contributed by atoms with van der Waals surface area (Å²) in [7, 11) is 1.86. The van der Waals surface area contributed by atoms with Gasteiger partial charge < -0.3 is 14.8 Å². The molecule has 0 bridgehead atoms. The number of nitrogens with one attached hydrogen (secondary N) is 1. The minimum Gasteiger partial charge on any atom is -0.508 e. The molecule has 2 N–H and O–H groups in total. The van der Waals surface area contributed by atoms with E-state index in [9.17, 15) is 5.11 Å². The molecule has 1 atom stereocenters. The third-order valence-electron chi connectivity index (χ3n) is 2.43. The van der Waals surface area contributed by atoms with Crippen LogP contribution in [0.3, 0.4) is 0 Å². The molecule has 2 heterocycles. The van der Waals surface area contributed by atoms with E-state index in [0.29, 0.717) is 10.7 Å². The molecule has 5 heteroatoms. The summed E-state index contributed by atoms with van der Waals surface area (Å²) in [6.07, 6.45) is 1.76. The van der Waals surface area contributed by atoms with E-state index in [-0.39, 0.29) is 11.8 Å². The van der Waals surface area contributed by atoms with Gasteiger partial charge in [0.2, 0.25) is 0 Å². The topological polar surface area (TPSA) is 49.6 Å². The van der Waals surface area contributed by atoms with Gasteiger partial charge in [0.1, 0.15) is 11.6 Å². The van der Waals surface area contributed by atoms with Crippen LogP contribution in [-0.2, 0) is 0 Å². The van der Waals surface area contributed by atoms with Gasteiger partial charge in [-0.15, -0.1) is 0 Å². The number of rotatable bonds is 2. The number of hydrogen-bond acceptors (Lipinski definition) is 3. The average molecular weight is 226 g/mol. The molecule has 0 spiro atoms. The first-order valence-corrected chi connectivity index (χ1v) is 5.05. The van der Waals surface area contributed by atoms with Crippen LogP contribution in [0, 0.1) is 0 Å². The van der Waals surface area contributed by atoms with Crippen molar-refractivity contribution in [1.82, 2.24) is 14.7 Å². The van der Waals surface area contributed by atoms with E-state index in [0.717, 1.165) is 5.82 Å². The largest absolute Gasteiger partial charge is 0.508 e. The molecule has 0 saturated carbocycles. The number of aromatic hydroxyl groups is 1. The van der Waals surface area contributed by atoms with Crippen molar-refractivity contribution in [1.29, 1.82) is 0 Å². The highest BCUT2D eigenvalue weighted by Crippen LogP contribution is 2.24. The Morgan fingerprint density at radius 1 is 1.60 bits per heavy atom. The van der Waals surface area contributed by atoms with E-state index in [2.05, 4.69) is 10.3 Å². The lowest BCUT2D eigenvalue weighted by molar-refractivity contribution is 0.475. The van der Waals surface area contributed by atoms with E-state index in [1.807, 2.05) is 18.4 Å². The molecule has 0 aliphatic carbocycles. The Morgan fingerprint density at radius 3 is 3.00 bits per heavy atom. The van der Waals surface area contributed by atoms with Crippen LogP contribution in [0.25, 0.3) is 5.52 Å². The second-order valence-corrected chi connectivity index (χ2v) is 3.77. The number of imidazole rings is 1. The summed E-state index contributed by atoms with van der Waals surface area (Å²) < 4.78 is 1.86. The second-order valence-electron chi connectivity index (χ2n) is 3.41. The predicted octanol–water partition coefficient (Wildman–Crippen LogP) is 1.97. The quantitative estimate of drug-likeness (QED) is 0.822. The lowest BCUT2D eigenvalue weighted by atomic mass is 10.3. The fourth-order valence-corrected chi connectivity index (χ4v) is 1.73. The minimum atomic E-state index is 0.106. The van der Waals surface area contributed by atoms with Crippen LogP contribution in [-0.4, -0.2) is 21.5 Å². The summed E-state index contributed by atoms with van der Waals surface area (Å²) >= 11 is 5.98. The average Bonchev–Trinajstić information content (AvgIpc) is 2.55. The smallest absolute Gasteiger partial charge is 0.155 e. The van der Waals surface area contributed by atoms with Crippen molar-refractivity contribution >= 4 is 17.1 Å². The number of nitrogens with zero attached hydrogens (tertiary/aromatic N) is 2. The van der Waals surface area contributed by atoms with Crippen molar-refractivity contribution in [3.63, 3.8) is 0 Å². The minimum absolute atomic E-state index is 0.106. The molecule has 2 aromatic rings. The monoisotopic (exact) mass is 225 g/mol. The molecule has 0 aliphatic rings. The molecule has 0 fully saturated rings. The molecule has 4 nitrogen and oxygen atoms in total. The normalized spacial score (nSPS) is 13.3. The van der Waals surface area contributed by atoms with Gasteiger partial charge >= 0.3 is 0 Å². The summed E-state index contributed by atoms with van der Waals surface area (Å²) in [5.74, 6) is 1.02. The summed E-state index contributed by atoms with van der Waals surface area (Å²) in [4.78, 5) is 4.26. The number of pyridine rings is 1. The van der Waals surface area contributed by atoms with E-state index in [4.69, 9.17) is 11.6 Å². The molecule has 2 rings (SSSR count). The van der Waals surface area contributed by atoms with Crippen LogP contribution < -0.4 is 5.32 Å². The van der Waals surface area contributed by atoms with Crippen molar-refractivity contribution < 1.29 is 5.11 Å². The van der Waals surface area contributed by atoms with Gasteiger partial charge in [-0.2, -0.15) is 0 Å². The third-order valence-corrected chi connectivity index (χ3v) is 2.71. The number of hydrogen-bond donors (Lipinski definition) is 2. The zero-order chi connectivity index (χ0) is 11.0. The highest BCUT2D eigenvalue weighted by atomic mass is 35.5. The molecule has 15 heavy (non-hydrogen) atoms. The standard InChI is InChI=1S/C10H12ClN3O/c1-6(12-2)10-13-9(11)8-5-7(15)3-4-14(8)10/h3-6,12,15H,1-2H3. The van der Waals surface area contributed by atoms with Crippen molar-refractivity contribution in [2.45, 2.75) is 13.0 Å². The fraction of sp³-hybridized carbons (Fsp3) is 0.300. The van der Waals surface area contributed by atoms with Gasteiger partial charge in [-0.05, 0) is 20.0 Å². The highest BCUT2D eigenvalue weighted by molar-refractivity contribution is 6.32. The Morgan fingerprint density at radius 2 is 2.33 bits per heavy atom. The Balaban J connectivity index is 2.68. The summed E-state index contributed by atoms with van der Waals surface area (Å²) in [6.45, 7) is 2.00. The zero-order valence-electron chi connectivity index (χ0n) is 8.53. The zero-order valence-corrected chi connectivity index (χ0v) is 9.28. The predicted molar refractivity (Wildman–Crippen MR) is 59.3 cm³/mol. The maximum absolute atomic E-state index is 9.34. The third kappa shape index (κ3) is 1.66. The molecule has 0 aromatic carbocycles. The van der Waals surface area contributed by atoms with Gasteiger partial charge in [-0.3, -0.25) is 0 Å². The van der Waals surface area contributed by atoms with Crippen molar-refractivity contribution in [3.8, 4) is 5.75 Å². The molecule has 2 aromatic heterocycles. The van der Waals surface area contributed by atoms with Crippen LogP contribution in [0.5, 0.6) is 5.75 Å². The fourth-order valence-electron chi connectivity index (χ4n) is 1.49. The van der Waals surface area contributed by atoms with E-state index in [1.54, 1.807) is 18.3 Å². The van der Waals surface area contributed by atoms with Crippen LogP contribution >= 0.6 is 11.6 Å². The summed E-state index contributed by atoms with van der Waals surface area (Å²) in [5.41, 5.74) is 0.716. The van der Waals surface area contributed by atoms with Gasteiger partial charge in [0.05, 0.1) is 11.6 Å². The maximum atomic E-state index is 9.34. The SMILES string of the molecule is CNC(C)c1nc(Cl)c2cc(O)ccn12. The van der Waals surface area contributed by atoms with E-state index < -0.39 is 0 Å². The van der Waals surface area contributed by atoms with Gasteiger partial charge in [-0.1, -0.05) is 11.6 Å². The van der Waals surface area contributed by atoms with Gasteiger partial charge in [-0.25, -0.2) is 4.98 Å². The summed E-state index contributed by atoms with van der Waals surface area (Å²) in [5, 5.41) is 12.8. The number of aromatic nitrogens is 2. The van der Waals surface area contributed by atoms with Crippen LogP contribution in [0.15, 0.2) is 18.3 Å². The first kappa shape index (κ1) is 10.3. The Hall–Kier alpha value is -1.26. The molecule has 0 amide bonds. The number of fused-ring (bicyclic) bond motifs is 1. The van der Waals surface area contributed by atoms with Gasteiger partial charge in [0.15, 0.2) is 5.15 Å². The van der Waals surface area contributed by atoms with Crippen molar-refractivity contribution in [2.24, 2.45) is 0 Å². The highest BCUT2D eigenvalue weighted by Gasteiger charge is 2.14. The maximum Gasteiger partial charge on any atom is 0.155 e. The molecule has 1 unspecified atom stereocenters. The molecule has 0 radical (unpaired) electrons. The van der Waals surface area contributed by atoms with E-state index >= 15 is 0 Å². The lowest BCUT2D eigenvalue weighted by Gasteiger charge is -2.08. The number of halogens is 1. The van der Waals surface area contributed by atoms with Crippen LogP contribution in [0.2, 0.25) is 5.15 Å². The molecule has 80 valence electrons. The van der Waals surface area contributed by atoms with Crippen LogP contribution in [0.1, 0.15) is 18.8 Å². The first-order valence-electron chi connectivity index (χ1n) is 4.67.